The molecule has 1 aromatic carbocycles. The molecule has 282 valence electrons. The number of ether oxygens (including phenoxy) is 2. The van der Waals surface area contributed by atoms with Crippen molar-refractivity contribution in [2.75, 3.05) is 41.0 Å². The van der Waals surface area contributed by atoms with Crippen LogP contribution in [0.4, 0.5) is 0 Å². The van der Waals surface area contributed by atoms with E-state index >= 15 is 0 Å². The molecule has 10 nitrogen and oxygen atoms in total. The Morgan fingerprint density at radius 3 is 2.18 bits per heavy atom. The number of likely N-dealkylation sites (N-methyl/N-ethyl adjacent to an activating group) is 1. The number of ketones is 1. The first-order chi connectivity index (χ1) is 23.9. The van der Waals surface area contributed by atoms with Gasteiger partial charge in [-0.15, -0.1) is 0 Å². The molecule has 0 saturated carbocycles. The summed E-state index contributed by atoms with van der Waals surface area (Å²) in [6.45, 7) is 13.8. The summed E-state index contributed by atoms with van der Waals surface area (Å²) in [7, 11) is 5.06. The van der Waals surface area contributed by atoms with E-state index in [-0.39, 0.29) is 66.2 Å². The summed E-state index contributed by atoms with van der Waals surface area (Å²) in [4.78, 5) is 64.8. The molecule has 0 unspecified atom stereocenters. The lowest BCUT2D eigenvalue weighted by molar-refractivity contribution is -0.201. The van der Waals surface area contributed by atoms with Crippen LogP contribution >= 0.6 is 0 Å². The topological polar surface area (TPSA) is 106 Å². The van der Waals surface area contributed by atoms with Gasteiger partial charge in [0.05, 0.1) is 43.2 Å². The summed E-state index contributed by atoms with van der Waals surface area (Å²) in [6.07, 6.45) is 4.50. The Bertz CT molecular complexity index is 1220. The van der Waals surface area contributed by atoms with Crippen molar-refractivity contribution in [3.63, 3.8) is 0 Å². The number of hydroxylamine groups is 2. The molecule has 0 spiro atoms. The molecule has 3 amide bonds. The second-order valence-corrected chi connectivity index (χ2v) is 14.9. The Hall–Kier alpha value is -2.82. The van der Waals surface area contributed by atoms with Crippen molar-refractivity contribution in [3.05, 3.63) is 35.9 Å². The summed E-state index contributed by atoms with van der Waals surface area (Å²) in [5.74, 6) is -1.08. The molecule has 8 atom stereocenters. The van der Waals surface area contributed by atoms with Crippen molar-refractivity contribution in [3.8, 4) is 0 Å². The van der Waals surface area contributed by atoms with E-state index in [0.717, 1.165) is 37.7 Å². The molecule has 3 rings (SSSR count). The van der Waals surface area contributed by atoms with Crippen LogP contribution in [-0.4, -0.2) is 104 Å². The standard InChI is InChI=1S/C40H65N3O7/c1-10-28(5)37(41(7)40(47)32(11-2)27(3)4)35(48-8)26-36(45)42-21-17-20-33(42)38(49-9)29(6)34(44)25-31(24-30-18-13-12-14-19-30)39(46)43-22-15-16-23-50-43/h12-14,18-19,27-29,31-33,35,37-38H,10-11,15-17,20-26H2,1-9H3/t28-,29-,31+,32-,33-,35+,37-,38+/m0/s1. The number of benzene rings is 1. The average Bonchev–Trinajstić information content (AvgIpc) is 3.61. The lowest BCUT2D eigenvalue weighted by Gasteiger charge is -2.40. The van der Waals surface area contributed by atoms with E-state index in [4.69, 9.17) is 14.3 Å². The van der Waals surface area contributed by atoms with Gasteiger partial charge < -0.3 is 19.3 Å². The highest BCUT2D eigenvalue weighted by Crippen LogP contribution is 2.31. The molecule has 2 aliphatic rings. The van der Waals surface area contributed by atoms with E-state index in [1.807, 2.05) is 61.0 Å². The molecule has 0 aliphatic carbocycles. The van der Waals surface area contributed by atoms with Gasteiger partial charge in [-0.05, 0) is 55.9 Å². The quantitative estimate of drug-likeness (QED) is 0.176. The van der Waals surface area contributed by atoms with Gasteiger partial charge >= 0.3 is 0 Å². The summed E-state index contributed by atoms with van der Waals surface area (Å²) < 4.78 is 12.0. The van der Waals surface area contributed by atoms with Crippen LogP contribution in [0, 0.1) is 29.6 Å². The van der Waals surface area contributed by atoms with E-state index in [9.17, 15) is 19.2 Å². The summed E-state index contributed by atoms with van der Waals surface area (Å²) in [5.41, 5.74) is 0.990. The number of rotatable bonds is 19. The normalized spacial score (nSPS) is 20.9. The number of hydrogen-bond donors (Lipinski definition) is 0. The minimum atomic E-state index is -0.563. The Balaban J connectivity index is 1.77. The van der Waals surface area contributed by atoms with Crippen LogP contribution in [0.25, 0.3) is 0 Å². The predicted molar refractivity (Wildman–Crippen MR) is 195 cm³/mol. The molecule has 0 radical (unpaired) electrons. The first-order valence-electron chi connectivity index (χ1n) is 19.0. The van der Waals surface area contributed by atoms with E-state index in [1.54, 1.807) is 14.2 Å². The van der Waals surface area contributed by atoms with Crippen molar-refractivity contribution in [2.45, 2.75) is 124 Å². The molecular weight excluding hydrogens is 634 g/mol. The highest BCUT2D eigenvalue weighted by Gasteiger charge is 2.43. The smallest absolute Gasteiger partial charge is 0.250 e. The van der Waals surface area contributed by atoms with E-state index in [1.165, 1.54) is 5.06 Å². The highest BCUT2D eigenvalue weighted by molar-refractivity contribution is 5.88. The third-order valence-corrected chi connectivity index (χ3v) is 11.3. The second kappa shape index (κ2) is 20.3. The predicted octanol–water partition coefficient (Wildman–Crippen LogP) is 5.96. The van der Waals surface area contributed by atoms with Crippen molar-refractivity contribution in [1.29, 1.82) is 0 Å². The van der Waals surface area contributed by atoms with E-state index < -0.39 is 24.0 Å². The molecule has 2 heterocycles. The van der Waals surface area contributed by atoms with Crippen LogP contribution in [0.2, 0.25) is 0 Å². The number of likely N-dealkylation sites (tertiary alicyclic amines) is 1. The zero-order valence-corrected chi connectivity index (χ0v) is 32.3. The van der Waals surface area contributed by atoms with Gasteiger partial charge in [0.2, 0.25) is 17.7 Å². The van der Waals surface area contributed by atoms with Crippen LogP contribution in [0.15, 0.2) is 30.3 Å². The van der Waals surface area contributed by atoms with Crippen molar-refractivity contribution >= 4 is 23.5 Å². The molecule has 1 aromatic rings. The molecule has 2 aliphatic heterocycles. The zero-order chi connectivity index (χ0) is 37.0. The molecule has 0 N–H and O–H groups in total. The zero-order valence-electron chi connectivity index (χ0n) is 32.3. The fourth-order valence-electron chi connectivity index (χ4n) is 8.08. The Labute approximate surface area is 301 Å². The third-order valence-electron chi connectivity index (χ3n) is 11.3. The number of carbonyl (C=O) groups is 4. The van der Waals surface area contributed by atoms with Crippen molar-refractivity contribution in [1.82, 2.24) is 14.9 Å². The van der Waals surface area contributed by atoms with Crippen LogP contribution in [0.3, 0.4) is 0 Å². The van der Waals surface area contributed by atoms with Gasteiger partial charge in [-0.25, -0.2) is 5.06 Å². The Morgan fingerprint density at radius 1 is 0.920 bits per heavy atom. The average molecular weight is 700 g/mol. The van der Waals surface area contributed by atoms with Gasteiger partial charge in [0.1, 0.15) is 5.78 Å². The maximum atomic E-state index is 14.1. The Morgan fingerprint density at radius 2 is 1.62 bits per heavy atom. The lowest BCUT2D eigenvalue weighted by Crippen LogP contribution is -2.54. The summed E-state index contributed by atoms with van der Waals surface area (Å²) >= 11 is 0. The van der Waals surface area contributed by atoms with Crippen molar-refractivity contribution < 1.29 is 33.5 Å². The third kappa shape index (κ3) is 10.6. The van der Waals surface area contributed by atoms with Crippen molar-refractivity contribution in [2.24, 2.45) is 29.6 Å². The Kier molecular flexibility index (Phi) is 16.9. The molecular formula is C40H65N3O7. The van der Waals surface area contributed by atoms with Gasteiger partial charge in [-0.3, -0.25) is 24.0 Å². The van der Waals surface area contributed by atoms with Gasteiger partial charge in [0.25, 0.3) is 0 Å². The van der Waals surface area contributed by atoms with Crippen LogP contribution < -0.4 is 0 Å². The van der Waals surface area contributed by atoms with Crippen LogP contribution in [0.5, 0.6) is 0 Å². The number of hydrogen-bond acceptors (Lipinski definition) is 7. The minimum Gasteiger partial charge on any atom is -0.379 e. The van der Waals surface area contributed by atoms with Crippen LogP contribution in [0.1, 0.15) is 98.5 Å². The molecule has 2 fully saturated rings. The largest absolute Gasteiger partial charge is 0.379 e. The molecule has 10 heteroatoms. The fraction of sp³-hybridized carbons (Fsp3) is 0.750. The number of Topliss-reactive ketones (excluding diaryl/α,β-unsaturated/α-hetero) is 1. The molecule has 50 heavy (non-hydrogen) atoms. The number of nitrogens with zero attached hydrogens (tertiary/aromatic N) is 3. The maximum Gasteiger partial charge on any atom is 0.250 e. The highest BCUT2D eigenvalue weighted by atomic mass is 16.7. The fourth-order valence-corrected chi connectivity index (χ4v) is 8.08. The summed E-state index contributed by atoms with van der Waals surface area (Å²) in [5, 5.41) is 1.44. The first kappa shape index (κ1) is 41.6. The van der Waals surface area contributed by atoms with Gasteiger partial charge in [0, 0.05) is 52.6 Å². The van der Waals surface area contributed by atoms with E-state index in [0.29, 0.717) is 32.5 Å². The minimum absolute atomic E-state index is 0.0626. The number of amides is 3. The second-order valence-electron chi connectivity index (χ2n) is 14.9. The van der Waals surface area contributed by atoms with Gasteiger partial charge in [0.15, 0.2) is 0 Å². The van der Waals surface area contributed by atoms with E-state index in [2.05, 4.69) is 27.7 Å². The molecule has 0 aromatic heterocycles. The SMILES string of the molecule is CC[C@H](C(=O)N(C)[C@@H]([C@@H](C)CC)[C@@H](CC(=O)N1CCC[C@H]1[C@H](OC)[C@@H](C)C(=O)C[C@@H](Cc1ccccc1)C(=O)N1CCCCO1)OC)C(C)C. The number of carbonyl (C=O) groups excluding carboxylic acids is 4. The maximum absolute atomic E-state index is 14.1. The molecule has 2 saturated heterocycles. The number of methoxy groups -OCH3 is 2. The first-order valence-corrected chi connectivity index (χ1v) is 19.0. The van der Waals surface area contributed by atoms with Crippen LogP contribution in [-0.2, 0) is 39.9 Å². The van der Waals surface area contributed by atoms with Gasteiger partial charge in [-0.1, -0.05) is 78.3 Å². The monoisotopic (exact) mass is 699 g/mol. The summed E-state index contributed by atoms with van der Waals surface area (Å²) in [6, 6.07) is 9.21. The molecule has 0 bridgehead atoms. The van der Waals surface area contributed by atoms with Gasteiger partial charge in [-0.2, -0.15) is 0 Å². The lowest BCUT2D eigenvalue weighted by atomic mass is 9.85.